The van der Waals surface area contributed by atoms with E-state index in [9.17, 15) is 0 Å². The van der Waals surface area contributed by atoms with Gasteiger partial charge in [0.2, 0.25) is 0 Å². The third-order valence-electron chi connectivity index (χ3n) is 3.00. The van der Waals surface area contributed by atoms with Crippen molar-refractivity contribution >= 4 is 84.1 Å². The average Bonchev–Trinajstić information content (AvgIpc) is 2.86. The first-order valence-electron chi connectivity index (χ1n) is 5.42. The Hall–Kier alpha value is -0.420. The van der Waals surface area contributed by atoms with Gasteiger partial charge in [0.05, 0.1) is 9.40 Å². The highest BCUT2D eigenvalue weighted by atomic mass is 79.9. The third kappa shape index (κ3) is 1.59. The largest absolute Gasteiger partial charge is 0.134 e. The number of benzene rings is 2. The zero-order valence-electron chi connectivity index (χ0n) is 9.04. The smallest absolute Gasteiger partial charge is 0.0542 e. The molecule has 0 spiro atoms. The van der Waals surface area contributed by atoms with Gasteiger partial charge in [0.1, 0.15) is 0 Å². The van der Waals surface area contributed by atoms with Gasteiger partial charge in [-0.25, -0.2) is 0 Å². The van der Waals surface area contributed by atoms with Crippen molar-refractivity contribution in [3.05, 3.63) is 45.3 Å². The minimum atomic E-state index is 1.15. The normalized spacial score (nSPS) is 11.9. The van der Waals surface area contributed by atoms with Crippen LogP contribution in [0.25, 0.3) is 29.6 Å². The van der Waals surface area contributed by atoms with E-state index in [-0.39, 0.29) is 0 Å². The lowest BCUT2D eigenvalue weighted by atomic mass is 10.2. The van der Waals surface area contributed by atoms with Crippen LogP contribution in [0.2, 0.25) is 0 Å². The first kappa shape index (κ1) is 11.4. The van der Waals surface area contributed by atoms with Crippen molar-refractivity contribution in [2.24, 2.45) is 0 Å². The van der Waals surface area contributed by atoms with Crippen molar-refractivity contribution in [2.45, 2.75) is 0 Å². The Morgan fingerprint density at radius 1 is 0.667 bits per heavy atom. The van der Waals surface area contributed by atoms with Gasteiger partial charge in [-0.15, -0.1) is 22.7 Å². The second-order valence-corrected chi connectivity index (χ2v) is 8.08. The van der Waals surface area contributed by atoms with Gasteiger partial charge in [-0.05, 0) is 36.4 Å². The monoisotopic (exact) mass is 396 g/mol. The Morgan fingerprint density at radius 2 is 1.11 bits per heavy atom. The predicted molar refractivity (Wildman–Crippen MR) is 90.1 cm³/mol. The summed E-state index contributed by atoms with van der Waals surface area (Å²) >= 11 is 10.9. The highest BCUT2D eigenvalue weighted by Crippen LogP contribution is 2.45. The Morgan fingerprint density at radius 3 is 1.56 bits per heavy atom. The first-order chi connectivity index (χ1) is 8.72. The van der Waals surface area contributed by atoms with Crippen LogP contribution in [0.5, 0.6) is 0 Å². The maximum absolute atomic E-state index is 3.56. The van der Waals surface area contributed by atoms with Crippen LogP contribution in [0, 0.1) is 0 Å². The lowest BCUT2D eigenvalue weighted by Crippen LogP contribution is -1.63. The molecule has 0 aliphatic rings. The summed E-state index contributed by atoms with van der Waals surface area (Å²) in [5.41, 5.74) is 0. The highest BCUT2D eigenvalue weighted by Gasteiger charge is 2.12. The molecule has 0 atom stereocenters. The molecule has 4 heteroatoms. The molecule has 4 aromatic rings. The molecule has 0 bridgehead atoms. The van der Waals surface area contributed by atoms with Gasteiger partial charge in [-0.1, -0.05) is 31.9 Å². The van der Waals surface area contributed by atoms with Crippen molar-refractivity contribution in [2.75, 3.05) is 0 Å². The van der Waals surface area contributed by atoms with E-state index in [1.54, 1.807) is 0 Å². The lowest BCUT2D eigenvalue weighted by Gasteiger charge is -1.92. The maximum Gasteiger partial charge on any atom is 0.0542 e. The van der Waals surface area contributed by atoms with Crippen molar-refractivity contribution in [1.82, 2.24) is 0 Å². The second-order valence-electron chi connectivity index (χ2n) is 4.14. The fourth-order valence-electron chi connectivity index (χ4n) is 2.20. The predicted octanol–water partition coefficient (Wildman–Crippen LogP) is 6.79. The van der Waals surface area contributed by atoms with Crippen LogP contribution in [-0.4, -0.2) is 0 Å². The molecule has 0 saturated heterocycles. The minimum Gasteiger partial charge on any atom is -0.134 e. The fraction of sp³-hybridized carbons (Fsp3) is 0. The van der Waals surface area contributed by atoms with Crippen molar-refractivity contribution < 1.29 is 0 Å². The molecule has 18 heavy (non-hydrogen) atoms. The summed E-state index contributed by atoms with van der Waals surface area (Å²) in [7, 11) is 0. The summed E-state index contributed by atoms with van der Waals surface area (Å²) in [4.78, 5) is 0. The molecule has 2 aromatic heterocycles. The maximum atomic E-state index is 3.56. The average molecular weight is 398 g/mol. The molecule has 0 radical (unpaired) electrons. The standard InChI is InChI=1S/C14H6Br2S2/c15-7-1-3-11-9(5-7)13-14(17-11)10-6-8(16)2-4-12(10)18-13/h1-6H. The summed E-state index contributed by atoms with van der Waals surface area (Å²) < 4.78 is 7.83. The Bertz CT molecular complexity index is 826. The van der Waals surface area contributed by atoms with Gasteiger partial charge in [0, 0.05) is 29.1 Å². The quantitative estimate of drug-likeness (QED) is 0.306. The number of halogens is 2. The Labute approximate surface area is 128 Å². The first-order valence-corrected chi connectivity index (χ1v) is 8.64. The molecular weight excluding hydrogens is 392 g/mol. The molecule has 0 fully saturated rings. The van der Waals surface area contributed by atoms with E-state index < -0.39 is 0 Å². The molecule has 0 aliphatic heterocycles. The van der Waals surface area contributed by atoms with E-state index >= 15 is 0 Å². The number of rotatable bonds is 0. The van der Waals surface area contributed by atoms with Crippen LogP contribution < -0.4 is 0 Å². The van der Waals surface area contributed by atoms with Crippen LogP contribution in [0.15, 0.2) is 45.3 Å². The minimum absolute atomic E-state index is 1.15. The number of fused-ring (bicyclic) bond motifs is 5. The molecule has 88 valence electrons. The molecular formula is C14H6Br2S2. The molecule has 0 aliphatic carbocycles. The van der Waals surface area contributed by atoms with Crippen molar-refractivity contribution in [1.29, 1.82) is 0 Å². The summed E-state index contributed by atoms with van der Waals surface area (Å²) in [6.07, 6.45) is 0. The molecule has 0 N–H and O–H groups in total. The van der Waals surface area contributed by atoms with Crippen LogP contribution in [0.1, 0.15) is 0 Å². The van der Waals surface area contributed by atoms with Gasteiger partial charge in [0.15, 0.2) is 0 Å². The SMILES string of the molecule is Brc1ccc2sc3c4cc(Br)ccc4sc3c2c1. The van der Waals surface area contributed by atoms with Crippen LogP contribution in [0.4, 0.5) is 0 Å². The highest BCUT2D eigenvalue weighted by molar-refractivity contribution is 9.10. The molecule has 0 amide bonds. The number of hydrogen-bond donors (Lipinski definition) is 0. The molecule has 0 saturated carbocycles. The lowest BCUT2D eigenvalue weighted by molar-refractivity contribution is 1.78. The third-order valence-corrected chi connectivity index (χ3v) is 6.53. The fourth-order valence-corrected chi connectivity index (χ4v) is 5.52. The van der Waals surface area contributed by atoms with E-state index in [2.05, 4.69) is 68.3 Å². The number of thiophene rings is 2. The van der Waals surface area contributed by atoms with Crippen LogP contribution in [0.3, 0.4) is 0 Å². The van der Waals surface area contributed by atoms with Gasteiger partial charge >= 0.3 is 0 Å². The van der Waals surface area contributed by atoms with Crippen LogP contribution in [-0.2, 0) is 0 Å². The van der Waals surface area contributed by atoms with Crippen LogP contribution >= 0.6 is 54.5 Å². The van der Waals surface area contributed by atoms with E-state index in [0.717, 1.165) is 8.95 Å². The summed E-state index contributed by atoms with van der Waals surface area (Å²) in [6.45, 7) is 0. The topological polar surface area (TPSA) is 0 Å². The molecule has 2 heterocycles. The summed E-state index contributed by atoms with van der Waals surface area (Å²) in [5, 5.41) is 2.73. The van der Waals surface area contributed by atoms with Crippen molar-refractivity contribution in [3.8, 4) is 0 Å². The van der Waals surface area contributed by atoms with E-state index in [1.165, 1.54) is 29.6 Å². The van der Waals surface area contributed by atoms with Gasteiger partial charge in [-0.2, -0.15) is 0 Å². The van der Waals surface area contributed by atoms with E-state index in [4.69, 9.17) is 0 Å². The van der Waals surface area contributed by atoms with E-state index in [1.807, 2.05) is 22.7 Å². The second kappa shape index (κ2) is 4.04. The molecule has 2 aromatic carbocycles. The van der Waals surface area contributed by atoms with Gasteiger partial charge in [-0.3, -0.25) is 0 Å². The molecule has 4 rings (SSSR count). The Balaban J connectivity index is 2.26. The van der Waals surface area contributed by atoms with Crippen molar-refractivity contribution in [3.63, 3.8) is 0 Å². The van der Waals surface area contributed by atoms with Gasteiger partial charge < -0.3 is 0 Å². The summed E-state index contributed by atoms with van der Waals surface area (Å²) in [6, 6.07) is 13.1. The zero-order valence-corrected chi connectivity index (χ0v) is 13.8. The zero-order chi connectivity index (χ0) is 12.3. The Kier molecular flexibility index (Phi) is 2.56. The van der Waals surface area contributed by atoms with Gasteiger partial charge in [0.25, 0.3) is 0 Å². The van der Waals surface area contributed by atoms with E-state index in [0.29, 0.717) is 0 Å². The number of hydrogen-bond acceptors (Lipinski definition) is 2. The summed E-state index contributed by atoms with van der Waals surface area (Å²) in [5.74, 6) is 0. The molecule has 0 unspecified atom stereocenters. The molecule has 0 nitrogen and oxygen atoms in total.